The largest absolute Gasteiger partial charge is 0.416 e. The summed E-state index contributed by atoms with van der Waals surface area (Å²) in [5.74, 6) is -0.144. The Morgan fingerprint density at radius 3 is 2.88 bits per heavy atom. The minimum Gasteiger partial charge on any atom is -0.392 e. The van der Waals surface area contributed by atoms with Crippen LogP contribution in [-0.4, -0.2) is 41.7 Å². The summed E-state index contributed by atoms with van der Waals surface area (Å²) < 4.78 is 38.5. The average molecular weight is 342 g/mol. The van der Waals surface area contributed by atoms with Gasteiger partial charge in [-0.3, -0.25) is 9.69 Å². The second-order valence-corrected chi connectivity index (χ2v) is 6.73. The fourth-order valence-corrected chi connectivity index (χ4v) is 3.77. The summed E-state index contributed by atoms with van der Waals surface area (Å²) in [6.07, 6.45) is -3.19. The average Bonchev–Trinajstić information content (AvgIpc) is 2.53. The number of aliphatic hydroxyl groups excluding tert-OH is 1. The molecule has 1 spiro atoms. The lowest BCUT2D eigenvalue weighted by Gasteiger charge is -2.47. The summed E-state index contributed by atoms with van der Waals surface area (Å²) in [5.41, 5.74) is -0.937. The molecule has 24 heavy (non-hydrogen) atoms. The van der Waals surface area contributed by atoms with E-state index in [0.29, 0.717) is 44.6 Å². The number of halogens is 3. The van der Waals surface area contributed by atoms with Crippen LogP contribution in [0.4, 0.5) is 13.2 Å². The van der Waals surface area contributed by atoms with Crippen LogP contribution in [0.2, 0.25) is 0 Å². The summed E-state index contributed by atoms with van der Waals surface area (Å²) in [6.45, 7) is 1.88. The van der Waals surface area contributed by atoms with Crippen LogP contribution < -0.4 is 5.32 Å². The third-order valence-corrected chi connectivity index (χ3v) is 5.06. The predicted octanol–water partition coefficient (Wildman–Crippen LogP) is 2.17. The van der Waals surface area contributed by atoms with Gasteiger partial charge in [0.1, 0.15) is 0 Å². The molecule has 2 N–H and O–H groups in total. The summed E-state index contributed by atoms with van der Waals surface area (Å²) in [7, 11) is 0. The maximum absolute atomic E-state index is 12.8. The van der Waals surface area contributed by atoms with Crippen molar-refractivity contribution in [1.29, 1.82) is 0 Å². The quantitative estimate of drug-likeness (QED) is 0.866. The van der Waals surface area contributed by atoms with Crippen molar-refractivity contribution in [3.63, 3.8) is 0 Å². The monoisotopic (exact) mass is 342 g/mol. The van der Waals surface area contributed by atoms with E-state index in [1.54, 1.807) is 6.07 Å². The highest BCUT2D eigenvalue weighted by atomic mass is 19.4. The van der Waals surface area contributed by atoms with E-state index in [1.165, 1.54) is 6.07 Å². The van der Waals surface area contributed by atoms with Crippen molar-refractivity contribution in [1.82, 2.24) is 10.2 Å². The lowest BCUT2D eigenvalue weighted by atomic mass is 9.71. The number of benzene rings is 1. The van der Waals surface area contributed by atoms with Gasteiger partial charge in [-0.05, 0) is 30.9 Å². The van der Waals surface area contributed by atoms with Gasteiger partial charge in [-0.2, -0.15) is 13.2 Å². The molecule has 132 valence electrons. The van der Waals surface area contributed by atoms with Gasteiger partial charge in [-0.25, -0.2) is 0 Å². The van der Waals surface area contributed by atoms with Gasteiger partial charge in [-0.1, -0.05) is 18.2 Å². The molecular formula is C17H21F3N2O2. The number of hydrogen-bond donors (Lipinski definition) is 2. The molecule has 0 radical (unpaired) electrons. The number of piperidine rings is 2. The molecule has 2 saturated heterocycles. The molecule has 4 nitrogen and oxygen atoms in total. The van der Waals surface area contributed by atoms with Crippen molar-refractivity contribution in [3.05, 3.63) is 35.4 Å². The van der Waals surface area contributed by atoms with Gasteiger partial charge in [-0.15, -0.1) is 0 Å². The Labute approximate surface area is 138 Å². The van der Waals surface area contributed by atoms with Gasteiger partial charge in [0, 0.05) is 26.2 Å². The highest BCUT2D eigenvalue weighted by Gasteiger charge is 2.49. The molecule has 7 heteroatoms. The molecule has 3 rings (SSSR count). The van der Waals surface area contributed by atoms with Crippen LogP contribution in [0.1, 0.15) is 30.4 Å². The van der Waals surface area contributed by atoms with E-state index in [0.717, 1.165) is 18.6 Å². The molecule has 2 heterocycles. The van der Waals surface area contributed by atoms with E-state index >= 15 is 0 Å². The smallest absolute Gasteiger partial charge is 0.392 e. The molecule has 1 amide bonds. The third-order valence-electron chi connectivity index (χ3n) is 5.06. The summed E-state index contributed by atoms with van der Waals surface area (Å²) in [5, 5.41) is 13.2. The Kier molecular flexibility index (Phi) is 4.57. The first-order chi connectivity index (χ1) is 11.3. The molecular weight excluding hydrogens is 321 g/mol. The highest BCUT2D eigenvalue weighted by Crippen LogP contribution is 2.38. The number of likely N-dealkylation sites (tertiary alicyclic amines) is 1. The first kappa shape index (κ1) is 17.2. The van der Waals surface area contributed by atoms with Crippen molar-refractivity contribution in [2.45, 2.75) is 38.1 Å². The van der Waals surface area contributed by atoms with Crippen LogP contribution in [0.3, 0.4) is 0 Å². The summed E-state index contributed by atoms with van der Waals surface area (Å²) >= 11 is 0. The van der Waals surface area contributed by atoms with E-state index in [2.05, 4.69) is 5.32 Å². The van der Waals surface area contributed by atoms with Gasteiger partial charge >= 0.3 is 6.18 Å². The number of hydrogen-bond acceptors (Lipinski definition) is 3. The van der Waals surface area contributed by atoms with Crippen molar-refractivity contribution in [3.8, 4) is 0 Å². The summed E-state index contributed by atoms with van der Waals surface area (Å²) in [4.78, 5) is 14.3. The minimum atomic E-state index is -4.36. The first-order valence-electron chi connectivity index (χ1n) is 8.16. The van der Waals surface area contributed by atoms with Crippen LogP contribution in [0, 0.1) is 5.41 Å². The lowest BCUT2D eigenvalue weighted by Crippen LogP contribution is -2.61. The molecule has 2 aliphatic rings. The Morgan fingerprint density at radius 1 is 1.38 bits per heavy atom. The Morgan fingerprint density at radius 2 is 2.17 bits per heavy atom. The number of nitrogens with one attached hydrogen (secondary N) is 1. The van der Waals surface area contributed by atoms with Crippen LogP contribution in [0.15, 0.2) is 24.3 Å². The third kappa shape index (κ3) is 3.28. The standard InChI is InChI=1S/C17H21F3N2O2/c18-17(19,20)13-4-1-3-12(9-13)10-22-8-5-14(23)16(11-22)6-2-7-21-15(16)24/h1,3-4,9,14,23H,2,5-8,10-11H2,(H,21,24)/t14-,16-/m1/s1. The summed E-state index contributed by atoms with van der Waals surface area (Å²) in [6, 6.07) is 5.27. The highest BCUT2D eigenvalue weighted by molar-refractivity contribution is 5.84. The molecule has 0 bridgehead atoms. The SMILES string of the molecule is O=C1NCCC[C@]12CN(Cc1cccc(C(F)(F)F)c1)CC[C@H]2O. The lowest BCUT2D eigenvalue weighted by molar-refractivity contribution is -0.149. The maximum atomic E-state index is 12.8. The van der Waals surface area contributed by atoms with Crippen molar-refractivity contribution < 1.29 is 23.1 Å². The molecule has 1 aromatic rings. The molecule has 0 saturated carbocycles. The molecule has 2 aliphatic heterocycles. The molecule has 0 unspecified atom stereocenters. The number of carbonyl (C=O) groups excluding carboxylic acids is 1. The van der Waals surface area contributed by atoms with E-state index in [4.69, 9.17) is 0 Å². The number of aliphatic hydroxyl groups is 1. The Bertz CT molecular complexity index is 620. The van der Waals surface area contributed by atoms with Gasteiger partial charge in [0.05, 0.1) is 17.1 Å². The molecule has 1 aromatic carbocycles. The zero-order valence-corrected chi connectivity index (χ0v) is 13.3. The topological polar surface area (TPSA) is 52.6 Å². The second-order valence-electron chi connectivity index (χ2n) is 6.73. The van der Waals surface area contributed by atoms with Crippen LogP contribution in [0.25, 0.3) is 0 Å². The molecule has 0 aliphatic carbocycles. The zero-order valence-electron chi connectivity index (χ0n) is 13.3. The predicted molar refractivity (Wildman–Crippen MR) is 82.0 cm³/mol. The van der Waals surface area contributed by atoms with Crippen molar-refractivity contribution in [2.75, 3.05) is 19.6 Å². The van der Waals surface area contributed by atoms with Gasteiger partial charge < -0.3 is 10.4 Å². The van der Waals surface area contributed by atoms with Crippen molar-refractivity contribution >= 4 is 5.91 Å². The van der Waals surface area contributed by atoms with Gasteiger partial charge in [0.2, 0.25) is 5.91 Å². The number of rotatable bonds is 2. The Hall–Kier alpha value is -1.60. The number of nitrogens with zero attached hydrogens (tertiary/aromatic N) is 1. The van der Waals surface area contributed by atoms with E-state index < -0.39 is 23.3 Å². The van der Waals surface area contributed by atoms with Crippen molar-refractivity contribution in [2.24, 2.45) is 5.41 Å². The Balaban J connectivity index is 1.75. The van der Waals surface area contributed by atoms with E-state index in [9.17, 15) is 23.1 Å². The first-order valence-corrected chi connectivity index (χ1v) is 8.16. The number of carbonyl (C=O) groups is 1. The van der Waals surface area contributed by atoms with E-state index in [-0.39, 0.29) is 5.91 Å². The fourth-order valence-electron chi connectivity index (χ4n) is 3.77. The van der Waals surface area contributed by atoms with Crippen LogP contribution >= 0.6 is 0 Å². The van der Waals surface area contributed by atoms with Gasteiger partial charge in [0.15, 0.2) is 0 Å². The van der Waals surface area contributed by atoms with E-state index in [1.807, 2.05) is 4.90 Å². The minimum absolute atomic E-state index is 0.144. The van der Waals surface area contributed by atoms with Gasteiger partial charge in [0.25, 0.3) is 0 Å². The molecule has 0 aromatic heterocycles. The maximum Gasteiger partial charge on any atom is 0.416 e. The second kappa shape index (κ2) is 6.37. The molecule has 2 atom stereocenters. The number of alkyl halides is 3. The number of amides is 1. The molecule has 2 fully saturated rings. The fraction of sp³-hybridized carbons (Fsp3) is 0.588. The van der Waals surface area contributed by atoms with Crippen LogP contribution in [-0.2, 0) is 17.5 Å². The zero-order chi connectivity index (χ0) is 17.4. The normalized spacial score (nSPS) is 28.8. The van der Waals surface area contributed by atoms with Crippen LogP contribution in [0.5, 0.6) is 0 Å².